The third-order valence-electron chi connectivity index (χ3n) is 4.30. The van der Waals surface area contributed by atoms with Crippen molar-refractivity contribution < 1.29 is 0 Å². The quantitative estimate of drug-likeness (QED) is 0.734. The van der Waals surface area contributed by atoms with E-state index in [0.717, 1.165) is 38.0 Å². The van der Waals surface area contributed by atoms with Crippen LogP contribution in [-0.2, 0) is 6.54 Å². The molecule has 0 N–H and O–H groups in total. The maximum absolute atomic E-state index is 4.41. The molecule has 0 radical (unpaired) electrons. The minimum atomic E-state index is 0.539. The molecular formula is C15H18N6. The molecule has 1 saturated heterocycles. The molecular weight excluding hydrogens is 264 g/mol. The predicted octanol–water partition coefficient (Wildman–Crippen LogP) is 1.76. The van der Waals surface area contributed by atoms with Crippen LogP contribution in [0.5, 0.6) is 0 Å². The van der Waals surface area contributed by atoms with Gasteiger partial charge in [-0.3, -0.25) is 4.90 Å². The van der Waals surface area contributed by atoms with Gasteiger partial charge in [-0.15, -0.1) is 10.2 Å². The van der Waals surface area contributed by atoms with Crippen molar-refractivity contribution in [3.05, 3.63) is 48.8 Å². The summed E-state index contributed by atoms with van der Waals surface area (Å²) < 4.78 is 4.16. The van der Waals surface area contributed by atoms with Crippen LogP contribution in [0.2, 0.25) is 0 Å². The minimum Gasteiger partial charge on any atom is -0.317 e. The summed E-state index contributed by atoms with van der Waals surface area (Å²) in [6, 6.07) is 8.94. The van der Waals surface area contributed by atoms with Crippen LogP contribution in [0.25, 0.3) is 5.52 Å². The molecule has 0 spiro atoms. The van der Waals surface area contributed by atoms with Crippen molar-refractivity contribution in [3.63, 3.8) is 0 Å². The van der Waals surface area contributed by atoms with E-state index in [1.54, 1.807) is 0 Å². The molecule has 3 aromatic heterocycles. The monoisotopic (exact) mass is 282 g/mol. The molecule has 4 heterocycles. The number of nitrogens with zero attached hydrogens (tertiary/aromatic N) is 6. The topological polar surface area (TPSA) is 51.2 Å². The van der Waals surface area contributed by atoms with Crippen LogP contribution in [0.4, 0.5) is 0 Å². The number of hydrogen-bond acceptors (Lipinski definition) is 4. The summed E-state index contributed by atoms with van der Waals surface area (Å²) in [4.78, 5) is 2.50. The highest BCUT2D eigenvalue weighted by atomic mass is 15.3. The average molecular weight is 282 g/mol. The van der Waals surface area contributed by atoms with Crippen LogP contribution in [0.3, 0.4) is 0 Å². The zero-order chi connectivity index (χ0) is 14.1. The standard InChI is InChI=1S/C15H18N6/c1-2-14-4-7-18-21(14)15(3-1)10-19-8-5-13(6-9-19)20-11-16-17-12-20/h1-4,7,11-13H,5-6,8-10H2. The van der Waals surface area contributed by atoms with E-state index < -0.39 is 0 Å². The van der Waals surface area contributed by atoms with Crippen molar-refractivity contribution in [2.45, 2.75) is 25.4 Å². The first-order valence-corrected chi connectivity index (χ1v) is 7.38. The fraction of sp³-hybridized carbons (Fsp3) is 0.400. The molecule has 3 aromatic rings. The molecule has 1 aliphatic heterocycles. The van der Waals surface area contributed by atoms with Crippen molar-refractivity contribution in [2.24, 2.45) is 0 Å². The van der Waals surface area contributed by atoms with Gasteiger partial charge >= 0.3 is 0 Å². The SMILES string of the molecule is c1cc(CN2CCC(n3cnnc3)CC2)n2nccc2c1. The molecule has 1 fully saturated rings. The van der Waals surface area contributed by atoms with E-state index >= 15 is 0 Å². The van der Waals surface area contributed by atoms with Gasteiger partial charge in [0.2, 0.25) is 0 Å². The van der Waals surface area contributed by atoms with Crippen LogP contribution in [0, 0.1) is 0 Å². The molecule has 0 aliphatic carbocycles. The number of piperidine rings is 1. The first kappa shape index (κ1) is 12.5. The van der Waals surface area contributed by atoms with E-state index in [9.17, 15) is 0 Å². The van der Waals surface area contributed by atoms with E-state index in [-0.39, 0.29) is 0 Å². The molecule has 0 atom stereocenters. The van der Waals surface area contributed by atoms with Gasteiger partial charge in [0.25, 0.3) is 0 Å². The molecule has 0 saturated carbocycles. The van der Waals surface area contributed by atoms with Crippen molar-refractivity contribution in [1.82, 2.24) is 29.3 Å². The summed E-state index contributed by atoms with van der Waals surface area (Å²) in [6.45, 7) is 3.15. The Morgan fingerprint density at radius 2 is 1.86 bits per heavy atom. The number of rotatable bonds is 3. The molecule has 6 heteroatoms. The lowest BCUT2D eigenvalue weighted by Gasteiger charge is -2.32. The van der Waals surface area contributed by atoms with Gasteiger partial charge in [0.15, 0.2) is 0 Å². The van der Waals surface area contributed by atoms with Gasteiger partial charge < -0.3 is 4.57 Å². The summed E-state index contributed by atoms with van der Waals surface area (Å²) in [7, 11) is 0. The number of aromatic nitrogens is 5. The summed E-state index contributed by atoms with van der Waals surface area (Å²) in [5.74, 6) is 0. The Hall–Kier alpha value is -2.21. The molecule has 21 heavy (non-hydrogen) atoms. The van der Waals surface area contributed by atoms with Gasteiger partial charge in [0, 0.05) is 31.9 Å². The Balaban J connectivity index is 1.44. The van der Waals surface area contributed by atoms with Crippen molar-refractivity contribution in [1.29, 1.82) is 0 Å². The maximum Gasteiger partial charge on any atom is 0.119 e. The first-order valence-electron chi connectivity index (χ1n) is 7.38. The second kappa shape index (κ2) is 5.29. The Morgan fingerprint density at radius 1 is 1.05 bits per heavy atom. The van der Waals surface area contributed by atoms with Gasteiger partial charge in [-0.2, -0.15) is 5.10 Å². The smallest absolute Gasteiger partial charge is 0.119 e. The second-order valence-corrected chi connectivity index (χ2v) is 5.60. The van der Waals surface area contributed by atoms with Gasteiger partial charge in [-0.25, -0.2) is 4.52 Å². The molecule has 0 aromatic carbocycles. The average Bonchev–Trinajstić information content (AvgIpc) is 3.20. The van der Waals surface area contributed by atoms with E-state index in [0.29, 0.717) is 6.04 Å². The van der Waals surface area contributed by atoms with Crippen LogP contribution < -0.4 is 0 Å². The molecule has 1 aliphatic rings. The maximum atomic E-state index is 4.41. The molecule has 108 valence electrons. The Kier molecular flexibility index (Phi) is 3.16. The van der Waals surface area contributed by atoms with Crippen LogP contribution in [0.15, 0.2) is 43.1 Å². The van der Waals surface area contributed by atoms with Crippen molar-refractivity contribution in [3.8, 4) is 0 Å². The van der Waals surface area contributed by atoms with E-state index in [1.807, 2.05) is 29.4 Å². The predicted molar refractivity (Wildman–Crippen MR) is 78.8 cm³/mol. The lowest BCUT2D eigenvalue weighted by Crippen LogP contribution is -2.34. The zero-order valence-corrected chi connectivity index (χ0v) is 11.8. The second-order valence-electron chi connectivity index (χ2n) is 5.60. The highest BCUT2D eigenvalue weighted by Crippen LogP contribution is 2.23. The van der Waals surface area contributed by atoms with E-state index in [4.69, 9.17) is 0 Å². The largest absolute Gasteiger partial charge is 0.317 e. The van der Waals surface area contributed by atoms with Crippen LogP contribution >= 0.6 is 0 Å². The Bertz CT molecular complexity index is 709. The molecule has 0 bridgehead atoms. The normalized spacial score (nSPS) is 17.5. The lowest BCUT2D eigenvalue weighted by atomic mass is 10.0. The first-order chi connectivity index (χ1) is 10.4. The third-order valence-corrected chi connectivity index (χ3v) is 4.30. The third kappa shape index (κ3) is 2.42. The summed E-state index contributed by atoms with van der Waals surface area (Å²) in [6.07, 6.45) is 7.80. The summed E-state index contributed by atoms with van der Waals surface area (Å²) in [5, 5.41) is 12.2. The van der Waals surface area contributed by atoms with E-state index in [2.05, 4.69) is 43.0 Å². The molecule has 0 unspecified atom stereocenters. The van der Waals surface area contributed by atoms with Crippen LogP contribution in [0.1, 0.15) is 24.6 Å². The summed E-state index contributed by atoms with van der Waals surface area (Å²) in [5.41, 5.74) is 2.41. The zero-order valence-electron chi connectivity index (χ0n) is 11.8. The lowest BCUT2D eigenvalue weighted by molar-refractivity contribution is 0.176. The number of likely N-dealkylation sites (tertiary alicyclic amines) is 1. The Morgan fingerprint density at radius 3 is 2.67 bits per heavy atom. The van der Waals surface area contributed by atoms with Gasteiger partial charge in [0.05, 0.1) is 11.2 Å². The molecule has 6 nitrogen and oxygen atoms in total. The highest BCUT2D eigenvalue weighted by molar-refractivity contribution is 5.46. The van der Waals surface area contributed by atoms with Gasteiger partial charge in [-0.05, 0) is 31.0 Å². The summed E-state index contributed by atoms with van der Waals surface area (Å²) >= 11 is 0. The fourth-order valence-corrected chi connectivity index (χ4v) is 3.13. The fourth-order valence-electron chi connectivity index (χ4n) is 3.13. The molecule has 4 rings (SSSR count). The highest BCUT2D eigenvalue weighted by Gasteiger charge is 2.20. The van der Waals surface area contributed by atoms with E-state index in [1.165, 1.54) is 5.69 Å². The van der Waals surface area contributed by atoms with Crippen molar-refractivity contribution in [2.75, 3.05) is 13.1 Å². The number of fused-ring (bicyclic) bond motifs is 1. The van der Waals surface area contributed by atoms with Gasteiger partial charge in [-0.1, -0.05) is 6.07 Å². The van der Waals surface area contributed by atoms with Crippen molar-refractivity contribution >= 4 is 5.52 Å². The van der Waals surface area contributed by atoms with Crippen LogP contribution in [-0.4, -0.2) is 42.4 Å². The number of pyridine rings is 1. The Labute approximate surface area is 123 Å². The minimum absolute atomic E-state index is 0.539. The number of hydrogen-bond donors (Lipinski definition) is 0. The van der Waals surface area contributed by atoms with Gasteiger partial charge in [0.1, 0.15) is 12.7 Å². The molecule has 0 amide bonds.